The van der Waals surface area contributed by atoms with Gasteiger partial charge in [-0.1, -0.05) is 0 Å². The molecule has 0 aromatic carbocycles. The Balaban J connectivity index is 0.000000434. The van der Waals surface area contributed by atoms with Crippen molar-refractivity contribution in [1.29, 1.82) is 0 Å². The number of fused-ring (bicyclic) bond motifs is 5. The molecule has 3 unspecified atom stereocenters. The summed E-state index contributed by atoms with van der Waals surface area (Å²) in [7, 11) is -8.47. The van der Waals surface area contributed by atoms with E-state index in [0.717, 1.165) is 38.5 Å². The van der Waals surface area contributed by atoms with Gasteiger partial charge in [0.2, 0.25) is 0 Å². The molecule has 7 N–H and O–H groups in total. The fraction of sp³-hybridized carbons (Fsp3) is 0.964. The van der Waals surface area contributed by atoms with E-state index in [9.17, 15) is 23.4 Å². The van der Waals surface area contributed by atoms with E-state index in [4.69, 9.17) is 27.8 Å². The Morgan fingerprint density at radius 1 is 0.952 bits per heavy atom. The minimum atomic E-state index is -4.67. The van der Waals surface area contributed by atoms with Crippen molar-refractivity contribution < 1.29 is 45.5 Å². The van der Waals surface area contributed by atoms with E-state index in [0.29, 0.717) is 77.8 Å². The van der Waals surface area contributed by atoms with Crippen LogP contribution in [-0.4, -0.2) is 96.2 Å². The summed E-state index contributed by atoms with van der Waals surface area (Å²) in [4.78, 5) is 11.6. The number of carbonyl (C=O) groups is 1. The zero-order chi connectivity index (χ0) is 32.3. The Kier molecular flexibility index (Phi) is 14.0. The normalized spacial score (nSPS) is 40.2. The van der Waals surface area contributed by atoms with Crippen molar-refractivity contribution in [3.63, 3.8) is 0 Å². The molecule has 11 atom stereocenters. The van der Waals surface area contributed by atoms with E-state index < -0.39 is 20.5 Å². The predicted octanol–water partition coefficient (Wildman–Crippen LogP) is 2.90. The Hall–Kier alpha value is 0.330. The monoisotopic (exact) mass is 649 g/mol. The number of hydrogen-bond donors (Lipinski definition) is 6. The van der Waals surface area contributed by atoms with Crippen LogP contribution in [0.25, 0.3) is 0 Å². The third-order valence-electron chi connectivity index (χ3n) is 11.5. The first-order chi connectivity index (χ1) is 19.2. The molecule has 0 aromatic rings. The van der Waals surface area contributed by atoms with Crippen molar-refractivity contribution in [2.24, 2.45) is 58.0 Å². The van der Waals surface area contributed by atoms with Gasteiger partial charge in [0.1, 0.15) is 0 Å². The van der Waals surface area contributed by atoms with Gasteiger partial charge in [-0.3, -0.25) is 13.7 Å². The minimum Gasteiger partial charge on any atom is -0.329 e. The van der Waals surface area contributed by atoms with Gasteiger partial charge in [-0.25, -0.2) is 0 Å². The molecule has 4 aliphatic carbocycles. The van der Waals surface area contributed by atoms with Gasteiger partial charge in [0.25, 0.3) is 10.1 Å². The minimum absolute atomic E-state index is 0.0289. The average molecular weight is 650 g/mol. The second-order valence-electron chi connectivity index (χ2n) is 13.9. The smallest absolute Gasteiger partial charge is 0.329 e. The summed E-state index contributed by atoms with van der Waals surface area (Å²) in [6.07, 6.45) is 10.5. The van der Waals surface area contributed by atoms with Crippen molar-refractivity contribution in [1.82, 2.24) is 0 Å². The standard InChI is InChI=1S/C26H43O3.C2H7NO3S.Na.H2O4S/c1-5-18-22-15-17(28)10-12-26(22,4)21-11-13-25(3)19(16(2)7-6-14-27)8-9-20(25)23(21)24(18)29;3-1-2-7(4,5)6;;1-5(2,3)4/h16-24,28-29H,5-13,15H2,1-4H3;1-3H2,(H,4,5,6);;(H2,1,2,3,4)/t16-,17+,18-,19-,20?,21?,22+,23?,24-,25-,26-;;;/m1.../s1. The maximum absolute atomic E-state index is 11.7. The predicted molar refractivity (Wildman–Crippen MR) is 161 cm³/mol. The Morgan fingerprint density at radius 3 is 1.98 bits per heavy atom. The molecule has 4 fully saturated rings. The molecular formula is C28H52NNaO10S2. The van der Waals surface area contributed by atoms with Crippen LogP contribution < -0.4 is 5.73 Å². The maximum atomic E-state index is 11.7. The van der Waals surface area contributed by atoms with Crippen molar-refractivity contribution in [3.05, 3.63) is 0 Å². The summed E-state index contributed by atoms with van der Waals surface area (Å²) in [5.74, 6) is 3.46. The fourth-order valence-electron chi connectivity index (χ4n) is 9.71. The Labute approximate surface area is 269 Å². The number of hydrogen-bond acceptors (Lipinski definition) is 8. The maximum Gasteiger partial charge on any atom is 0.394 e. The largest absolute Gasteiger partial charge is 0.394 e. The second kappa shape index (κ2) is 15.3. The summed E-state index contributed by atoms with van der Waals surface area (Å²) in [6, 6.07) is 0. The molecule has 0 radical (unpaired) electrons. The molecule has 0 bridgehead atoms. The molecule has 42 heavy (non-hydrogen) atoms. The molecule has 0 spiro atoms. The van der Waals surface area contributed by atoms with Crippen LogP contribution in [-0.2, 0) is 25.3 Å². The van der Waals surface area contributed by atoms with Gasteiger partial charge in [0.15, 0.2) is 0 Å². The van der Waals surface area contributed by atoms with E-state index in [1.807, 2.05) is 0 Å². The first-order valence-corrected chi connectivity index (χ1v) is 19.4. The zero-order valence-corrected chi connectivity index (χ0v) is 29.5. The van der Waals surface area contributed by atoms with Crippen molar-refractivity contribution in [2.45, 2.75) is 104 Å². The molecule has 0 amide bonds. The molecule has 4 rings (SSSR count). The van der Waals surface area contributed by atoms with Crippen molar-refractivity contribution >= 4 is 51.5 Å². The van der Waals surface area contributed by atoms with Gasteiger partial charge >= 0.3 is 202 Å². The molecule has 11 nitrogen and oxygen atoms in total. The van der Waals surface area contributed by atoms with E-state index >= 15 is 0 Å². The van der Waals surface area contributed by atoms with Gasteiger partial charge in [-0.2, -0.15) is 16.8 Å². The van der Waals surface area contributed by atoms with E-state index in [1.54, 1.807) is 0 Å². The van der Waals surface area contributed by atoms with Crippen LogP contribution >= 0.6 is 0 Å². The molecule has 4 saturated carbocycles. The zero-order valence-electron chi connectivity index (χ0n) is 25.9. The van der Waals surface area contributed by atoms with Gasteiger partial charge in [-0.15, -0.1) is 0 Å². The summed E-state index contributed by atoms with van der Waals surface area (Å²) >= 11 is 0.689. The second-order valence-corrected chi connectivity index (χ2v) is 17.4. The number of carbonyl (C=O) groups excluding carboxylic acids is 1. The number of aliphatic hydroxyl groups is 2. The van der Waals surface area contributed by atoms with Gasteiger partial charge in [0, 0.05) is 6.54 Å². The summed E-state index contributed by atoms with van der Waals surface area (Å²) < 4.78 is 59.4. The quantitative estimate of drug-likeness (QED) is 0.174. The third-order valence-corrected chi connectivity index (χ3v) is 12.7. The van der Waals surface area contributed by atoms with E-state index in [-0.39, 0.29) is 29.9 Å². The molecular weight excluding hydrogens is 597 g/mol. The van der Waals surface area contributed by atoms with Crippen molar-refractivity contribution in [2.75, 3.05) is 12.3 Å². The van der Waals surface area contributed by atoms with Crippen LogP contribution in [0.15, 0.2) is 0 Å². The molecule has 242 valence electrons. The number of rotatable bonds is 7. The molecule has 0 saturated heterocycles. The summed E-state index contributed by atoms with van der Waals surface area (Å²) in [5, 5.41) is 22.2. The molecule has 0 heterocycles. The molecule has 0 aromatic heterocycles. The van der Waals surface area contributed by atoms with Gasteiger partial charge in [-0.05, 0) is 0 Å². The summed E-state index contributed by atoms with van der Waals surface area (Å²) in [5.41, 5.74) is 5.39. The topological polar surface area (TPSA) is 213 Å². The first-order valence-electron chi connectivity index (χ1n) is 15.4. The van der Waals surface area contributed by atoms with Crippen LogP contribution in [0, 0.1) is 52.3 Å². The Bertz CT molecular complexity index is 1110. The van der Waals surface area contributed by atoms with Gasteiger partial charge in [0.05, 0.1) is 11.9 Å². The summed E-state index contributed by atoms with van der Waals surface area (Å²) in [6.45, 7) is 9.67. The van der Waals surface area contributed by atoms with Gasteiger partial charge < -0.3 is 10.8 Å². The average Bonchev–Trinajstić information content (AvgIpc) is 3.20. The van der Waals surface area contributed by atoms with Crippen LogP contribution in [0.3, 0.4) is 0 Å². The van der Waals surface area contributed by atoms with E-state index in [1.165, 1.54) is 25.7 Å². The van der Waals surface area contributed by atoms with Crippen LogP contribution in [0.1, 0.15) is 91.9 Å². The number of aliphatic hydroxyl groups excluding tert-OH is 2. The fourth-order valence-corrected chi connectivity index (χ4v) is 10.3. The van der Waals surface area contributed by atoms with E-state index in [2.05, 4.69) is 27.7 Å². The number of nitrogens with two attached hydrogens (primary N) is 1. The molecule has 0 aliphatic heterocycles. The third kappa shape index (κ3) is 9.67. The van der Waals surface area contributed by atoms with Crippen LogP contribution in [0.5, 0.6) is 0 Å². The van der Waals surface area contributed by atoms with Crippen molar-refractivity contribution in [3.8, 4) is 0 Å². The van der Waals surface area contributed by atoms with Crippen LogP contribution in [0.2, 0.25) is 0 Å². The molecule has 14 heteroatoms. The molecule has 4 aliphatic rings. The SMILES string of the molecule is CC[C@H]1[C@@H](O)C2C3CC[C@H]([C@H](C)CC[C](=O)[Na])[C@@]3(C)CCC2[C@@]2(C)CC[C@H](O)C[C@@H]12.NCCS(=O)(=O)O.O=S(=O)(O)O. The van der Waals surface area contributed by atoms with Crippen LogP contribution in [0.4, 0.5) is 0 Å². The first kappa shape index (κ1) is 38.5. The Morgan fingerprint density at radius 2 is 1.50 bits per heavy atom.